The highest BCUT2D eigenvalue weighted by Crippen LogP contribution is 2.16. The van der Waals surface area contributed by atoms with Crippen molar-refractivity contribution in [3.8, 4) is 0 Å². The second-order valence-corrected chi connectivity index (χ2v) is 5.84. The minimum Gasteiger partial charge on any atom is -0.332 e. The van der Waals surface area contributed by atoms with Crippen molar-refractivity contribution in [2.75, 3.05) is 18.8 Å². The molecule has 0 spiro atoms. The third-order valence-corrected chi connectivity index (χ3v) is 4.02. The van der Waals surface area contributed by atoms with Gasteiger partial charge >= 0.3 is 0 Å². The van der Waals surface area contributed by atoms with Crippen LogP contribution in [0.25, 0.3) is 0 Å². The van der Waals surface area contributed by atoms with Crippen LogP contribution in [0.5, 0.6) is 0 Å². The fourth-order valence-corrected chi connectivity index (χ4v) is 2.71. The number of rotatable bonds is 4. The quantitative estimate of drug-likeness (QED) is 0.824. The maximum absolute atomic E-state index is 11.7. The van der Waals surface area contributed by atoms with Gasteiger partial charge in [-0.2, -0.15) is 0 Å². The highest BCUT2D eigenvalue weighted by Gasteiger charge is 2.21. The molecule has 3 amide bonds. The normalized spacial score (nSPS) is 14.1. The molecule has 21 heavy (non-hydrogen) atoms. The molecule has 6 nitrogen and oxygen atoms in total. The van der Waals surface area contributed by atoms with Crippen molar-refractivity contribution in [3.63, 3.8) is 0 Å². The summed E-state index contributed by atoms with van der Waals surface area (Å²) in [6, 6.07) is 6.30. The van der Waals surface area contributed by atoms with Crippen molar-refractivity contribution in [2.45, 2.75) is 6.42 Å². The van der Waals surface area contributed by atoms with Gasteiger partial charge in [0.1, 0.15) is 0 Å². The van der Waals surface area contributed by atoms with Crippen LogP contribution in [0.4, 0.5) is 4.79 Å². The summed E-state index contributed by atoms with van der Waals surface area (Å²) < 4.78 is 0. The number of nitrogens with one attached hydrogen (secondary N) is 2. The summed E-state index contributed by atoms with van der Waals surface area (Å²) in [5.41, 5.74) is 5.03. The van der Waals surface area contributed by atoms with Crippen LogP contribution < -0.4 is 10.9 Å². The van der Waals surface area contributed by atoms with Crippen molar-refractivity contribution in [2.24, 2.45) is 0 Å². The molecule has 1 aromatic rings. The van der Waals surface area contributed by atoms with Gasteiger partial charge in [-0.1, -0.05) is 23.4 Å². The molecule has 0 unspecified atom stereocenters. The molecule has 112 valence electrons. The van der Waals surface area contributed by atoms with Gasteiger partial charge < -0.3 is 4.90 Å². The molecule has 0 saturated carbocycles. The molecule has 0 radical (unpaired) electrons. The molecule has 1 aliphatic heterocycles. The van der Waals surface area contributed by atoms with Crippen LogP contribution in [0.1, 0.15) is 16.8 Å². The Labute approximate surface area is 131 Å². The number of carbonyl (C=O) groups excluding carboxylic acids is 3. The standard InChI is InChI=1S/C13H14ClN3O3S/c14-10-3-1-9(2-4-10)12(19)16-15-11(18)5-6-17-7-8-21-13(17)20/h1-4H,5-8H2,(H,15,18)(H,16,19). The van der Waals surface area contributed by atoms with Crippen molar-refractivity contribution in [1.29, 1.82) is 0 Å². The van der Waals surface area contributed by atoms with Gasteiger partial charge in [0.2, 0.25) is 5.91 Å². The molecular formula is C13H14ClN3O3S. The number of halogens is 1. The number of benzene rings is 1. The van der Waals surface area contributed by atoms with Gasteiger partial charge in [0.05, 0.1) is 0 Å². The first-order valence-corrected chi connectivity index (χ1v) is 7.69. The van der Waals surface area contributed by atoms with Crippen LogP contribution in [-0.4, -0.2) is 40.8 Å². The van der Waals surface area contributed by atoms with E-state index in [-0.39, 0.29) is 17.6 Å². The number of hydrazine groups is 1. The van der Waals surface area contributed by atoms with Gasteiger partial charge in [0.25, 0.3) is 11.1 Å². The van der Waals surface area contributed by atoms with E-state index in [2.05, 4.69) is 10.9 Å². The number of hydrogen-bond donors (Lipinski definition) is 2. The Morgan fingerprint density at radius 2 is 1.95 bits per heavy atom. The van der Waals surface area contributed by atoms with Gasteiger partial charge in [-0.05, 0) is 24.3 Å². The molecule has 0 bridgehead atoms. The zero-order valence-corrected chi connectivity index (χ0v) is 12.7. The first-order valence-electron chi connectivity index (χ1n) is 6.33. The number of amides is 3. The summed E-state index contributed by atoms with van der Waals surface area (Å²) in [7, 11) is 0. The Bertz CT molecular complexity index is 550. The summed E-state index contributed by atoms with van der Waals surface area (Å²) >= 11 is 6.97. The predicted octanol–water partition coefficient (Wildman–Crippen LogP) is 1.66. The molecule has 1 saturated heterocycles. The summed E-state index contributed by atoms with van der Waals surface area (Å²) in [6.07, 6.45) is 0.146. The van der Waals surface area contributed by atoms with Crippen LogP contribution in [0.3, 0.4) is 0 Å². The molecule has 1 aromatic carbocycles. The van der Waals surface area contributed by atoms with Crippen molar-refractivity contribution in [3.05, 3.63) is 34.9 Å². The molecule has 2 N–H and O–H groups in total. The molecule has 1 aliphatic rings. The molecule has 1 heterocycles. The molecule has 8 heteroatoms. The van der Waals surface area contributed by atoms with E-state index < -0.39 is 5.91 Å². The molecule has 2 rings (SSSR count). The fraction of sp³-hybridized carbons (Fsp3) is 0.308. The van der Waals surface area contributed by atoms with E-state index in [0.29, 0.717) is 23.7 Å². The average molecular weight is 328 g/mol. The van der Waals surface area contributed by atoms with Gasteiger partial charge in [0.15, 0.2) is 0 Å². The van der Waals surface area contributed by atoms with E-state index in [0.717, 1.165) is 5.75 Å². The van der Waals surface area contributed by atoms with E-state index in [9.17, 15) is 14.4 Å². The Balaban J connectivity index is 1.72. The van der Waals surface area contributed by atoms with Gasteiger partial charge in [0, 0.05) is 35.8 Å². The SMILES string of the molecule is O=C(CCN1CCSC1=O)NNC(=O)c1ccc(Cl)cc1. The first-order chi connectivity index (χ1) is 10.1. The number of thioether (sulfide) groups is 1. The molecule has 1 fully saturated rings. The Morgan fingerprint density at radius 3 is 2.57 bits per heavy atom. The number of hydrogen-bond acceptors (Lipinski definition) is 4. The van der Waals surface area contributed by atoms with Crippen LogP contribution in [0, 0.1) is 0 Å². The largest absolute Gasteiger partial charge is 0.332 e. The molecule has 0 aliphatic carbocycles. The zero-order valence-electron chi connectivity index (χ0n) is 11.1. The fourth-order valence-electron chi connectivity index (χ4n) is 1.73. The predicted molar refractivity (Wildman–Crippen MR) is 81.1 cm³/mol. The minimum atomic E-state index is -0.423. The Morgan fingerprint density at radius 1 is 1.24 bits per heavy atom. The van der Waals surface area contributed by atoms with Gasteiger partial charge in [-0.25, -0.2) is 0 Å². The zero-order chi connectivity index (χ0) is 15.2. The maximum atomic E-state index is 11.7. The molecule has 0 aromatic heterocycles. The van der Waals surface area contributed by atoms with Crippen LogP contribution in [0.2, 0.25) is 5.02 Å². The van der Waals surface area contributed by atoms with Crippen molar-refractivity contribution in [1.82, 2.24) is 15.8 Å². The minimum absolute atomic E-state index is 0.00648. The smallest absolute Gasteiger partial charge is 0.281 e. The third kappa shape index (κ3) is 4.64. The summed E-state index contributed by atoms with van der Waals surface area (Å²) in [4.78, 5) is 36.3. The second kappa shape index (κ2) is 7.33. The average Bonchev–Trinajstić information content (AvgIpc) is 2.88. The lowest BCUT2D eigenvalue weighted by atomic mass is 10.2. The van der Waals surface area contributed by atoms with E-state index in [4.69, 9.17) is 11.6 Å². The Hall–Kier alpha value is -1.73. The third-order valence-electron chi connectivity index (χ3n) is 2.88. The topological polar surface area (TPSA) is 78.5 Å². The lowest BCUT2D eigenvalue weighted by molar-refractivity contribution is -0.122. The maximum Gasteiger partial charge on any atom is 0.281 e. The first kappa shape index (κ1) is 15.7. The summed E-state index contributed by atoms with van der Waals surface area (Å²) in [5, 5.41) is 0.525. The van der Waals surface area contributed by atoms with Crippen LogP contribution in [-0.2, 0) is 4.79 Å². The highest BCUT2D eigenvalue weighted by atomic mass is 35.5. The lowest BCUT2D eigenvalue weighted by Crippen LogP contribution is -2.42. The summed E-state index contributed by atoms with van der Waals surface area (Å²) in [5.74, 6) is -0.0110. The van der Waals surface area contributed by atoms with Crippen LogP contribution in [0.15, 0.2) is 24.3 Å². The second-order valence-electron chi connectivity index (χ2n) is 4.36. The number of carbonyl (C=O) groups is 3. The van der Waals surface area contributed by atoms with Gasteiger partial charge in [-0.3, -0.25) is 25.2 Å². The summed E-state index contributed by atoms with van der Waals surface area (Å²) in [6.45, 7) is 1.02. The van der Waals surface area contributed by atoms with Crippen LogP contribution >= 0.6 is 23.4 Å². The molecular weight excluding hydrogens is 314 g/mol. The van der Waals surface area contributed by atoms with Gasteiger partial charge in [-0.15, -0.1) is 0 Å². The lowest BCUT2D eigenvalue weighted by Gasteiger charge is -2.14. The Kier molecular flexibility index (Phi) is 5.46. The van der Waals surface area contributed by atoms with E-state index in [1.54, 1.807) is 29.2 Å². The molecule has 0 atom stereocenters. The van der Waals surface area contributed by atoms with Crippen molar-refractivity contribution >= 4 is 40.4 Å². The van der Waals surface area contributed by atoms with E-state index in [1.807, 2.05) is 0 Å². The van der Waals surface area contributed by atoms with E-state index in [1.165, 1.54) is 11.8 Å². The monoisotopic (exact) mass is 327 g/mol. The van der Waals surface area contributed by atoms with E-state index >= 15 is 0 Å². The van der Waals surface area contributed by atoms with Crippen molar-refractivity contribution < 1.29 is 14.4 Å². The number of nitrogens with zero attached hydrogens (tertiary/aromatic N) is 1. The highest BCUT2D eigenvalue weighted by molar-refractivity contribution is 8.13.